The lowest BCUT2D eigenvalue weighted by molar-refractivity contribution is -0.126. The Kier molecular flexibility index (Phi) is 6.74. The van der Waals surface area contributed by atoms with Crippen molar-refractivity contribution in [2.24, 2.45) is 5.92 Å². The van der Waals surface area contributed by atoms with Crippen LogP contribution >= 0.6 is 11.6 Å². The number of para-hydroxylation sites is 1. The fourth-order valence-corrected chi connectivity index (χ4v) is 4.33. The molecule has 0 saturated heterocycles. The molecule has 1 amide bonds. The van der Waals surface area contributed by atoms with E-state index in [1.807, 2.05) is 43.3 Å². The van der Waals surface area contributed by atoms with Crippen molar-refractivity contribution in [2.75, 3.05) is 24.3 Å². The summed E-state index contributed by atoms with van der Waals surface area (Å²) in [4.78, 5) is 24.0. The van der Waals surface area contributed by atoms with Gasteiger partial charge in [-0.3, -0.25) is 4.79 Å². The molecule has 1 heterocycles. The highest BCUT2D eigenvalue weighted by atomic mass is 35.5. The second kappa shape index (κ2) is 9.69. The van der Waals surface area contributed by atoms with Gasteiger partial charge in [-0.1, -0.05) is 29.8 Å². The molecule has 0 spiro atoms. The summed E-state index contributed by atoms with van der Waals surface area (Å²) in [7, 11) is 3.95. The quantitative estimate of drug-likeness (QED) is 0.560. The monoisotopic (exact) mass is 455 g/mol. The number of anilines is 2. The van der Waals surface area contributed by atoms with Crippen LogP contribution in [0.4, 0.5) is 16.2 Å². The zero-order chi connectivity index (χ0) is 22.7. The van der Waals surface area contributed by atoms with E-state index in [4.69, 9.17) is 16.6 Å². The number of carbonyl (C=O) groups excluding carboxylic acids is 1. The zero-order valence-corrected chi connectivity index (χ0v) is 19.0. The van der Waals surface area contributed by atoms with Crippen molar-refractivity contribution in [3.8, 4) is 0 Å². The van der Waals surface area contributed by atoms with Crippen LogP contribution in [0, 0.1) is 11.7 Å². The summed E-state index contributed by atoms with van der Waals surface area (Å²) in [5, 5.41) is 7.50. The SMILES string of the molecule is CN(C)c1nc(N[C@H]2CC[C@@H](C(=O)NCc3ccc(F)c(Cl)c3)CC2)nc2ccccc12. The van der Waals surface area contributed by atoms with Crippen LogP contribution in [0.2, 0.25) is 5.02 Å². The molecule has 1 fully saturated rings. The minimum Gasteiger partial charge on any atom is -0.362 e. The summed E-state index contributed by atoms with van der Waals surface area (Å²) < 4.78 is 13.3. The standard InChI is InChI=1S/C24H27ClFN5O/c1-31(2)22-18-5-3-4-6-21(18)29-24(30-22)28-17-10-8-16(9-11-17)23(32)27-14-15-7-12-20(26)19(25)13-15/h3-7,12-13,16-17H,8-11,14H2,1-2H3,(H,27,32)(H,28,29,30)/t16-,17+. The molecule has 3 aromatic rings. The predicted molar refractivity (Wildman–Crippen MR) is 126 cm³/mol. The van der Waals surface area contributed by atoms with Gasteiger partial charge < -0.3 is 15.5 Å². The summed E-state index contributed by atoms with van der Waals surface area (Å²) >= 11 is 5.81. The highest BCUT2D eigenvalue weighted by molar-refractivity contribution is 6.30. The molecular formula is C24H27ClFN5O. The average molecular weight is 456 g/mol. The van der Waals surface area contributed by atoms with Gasteiger partial charge in [0.2, 0.25) is 11.9 Å². The molecule has 0 radical (unpaired) electrons. The summed E-state index contributed by atoms with van der Waals surface area (Å²) in [6.07, 6.45) is 3.32. The lowest BCUT2D eigenvalue weighted by Gasteiger charge is -2.28. The Morgan fingerprint density at radius 2 is 1.88 bits per heavy atom. The number of nitrogens with one attached hydrogen (secondary N) is 2. The molecule has 1 saturated carbocycles. The lowest BCUT2D eigenvalue weighted by atomic mass is 9.85. The van der Waals surface area contributed by atoms with Crippen LogP contribution in [0.1, 0.15) is 31.2 Å². The van der Waals surface area contributed by atoms with Gasteiger partial charge in [-0.2, -0.15) is 4.98 Å². The number of fused-ring (bicyclic) bond motifs is 1. The molecule has 168 valence electrons. The van der Waals surface area contributed by atoms with Crippen LogP contribution in [-0.2, 0) is 11.3 Å². The summed E-state index contributed by atoms with van der Waals surface area (Å²) in [5.41, 5.74) is 1.69. The van der Waals surface area contributed by atoms with Crippen LogP contribution in [0.3, 0.4) is 0 Å². The Morgan fingerprint density at radius 1 is 1.12 bits per heavy atom. The number of amides is 1. The van der Waals surface area contributed by atoms with Gasteiger partial charge in [0.1, 0.15) is 11.6 Å². The minimum absolute atomic E-state index is 0.0285. The summed E-state index contributed by atoms with van der Waals surface area (Å²) in [6, 6.07) is 12.7. The molecule has 0 aliphatic heterocycles. The molecule has 32 heavy (non-hydrogen) atoms. The van der Waals surface area contributed by atoms with Gasteiger partial charge in [-0.05, 0) is 55.5 Å². The van der Waals surface area contributed by atoms with E-state index < -0.39 is 5.82 Å². The number of halogens is 2. The first-order valence-corrected chi connectivity index (χ1v) is 11.2. The van der Waals surface area contributed by atoms with Gasteiger partial charge in [-0.25, -0.2) is 9.37 Å². The second-order valence-corrected chi connectivity index (χ2v) is 8.85. The van der Waals surface area contributed by atoms with Gasteiger partial charge >= 0.3 is 0 Å². The fourth-order valence-electron chi connectivity index (χ4n) is 4.13. The van der Waals surface area contributed by atoms with E-state index in [9.17, 15) is 9.18 Å². The van der Waals surface area contributed by atoms with Crippen molar-refractivity contribution in [1.82, 2.24) is 15.3 Å². The number of rotatable bonds is 6. The number of benzene rings is 2. The van der Waals surface area contributed by atoms with Crippen LogP contribution in [0.25, 0.3) is 10.9 Å². The Hall–Kier alpha value is -2.93. The summed E-state index contributed by atoms with van der Waals surface area (Å²) in [5.74, 6) is 1.04. The Balaban J connectivity index is 1.33. The van der Waals surface area contributed by atoms with E-state index in [1.54, 1.807) is 12.1 Å². The molecule has 1 aliphatic rings. The van der Waals surface area contributed by atoms with Crippen molar-refractivity contribution < 1.29 is 9.18 Å². The molecule has 0 atom stereocenters. The molecule has 2 N–H and O–H groups in total. The molecule has 8 heteroatoms. The topological polar surface area (TPSA) is 70.2 Å². The minimum atomic E-state index is -0.458. The third-order valence-corrected chi connectivity index (χ3v) is 6.18. The highest BCUT2D eigenvalue weighted by Crippen LogP contribution is 2.28. The molecular weight excluding hydrogens is 429 g/mol. The average Bonchev–Trinajstić information content (AvgIpc) is 2.79. The Labute approximate surface area is 192 Å². The maximum Gasteiger partial charge on any atom is 0.225 e. The normalized spacial score (nSPS) is 18.4. The fraction of sp³-hybridized carbons (Fsp3) is 0.375. The van der Waals surface area contributed by atoms with Crippen molar-refractivity contribution in [3.63, 3.8) is 0 Å². The predicted octanol–water partition coefficient (Wildman–Crippen LogP) is 4.78. The number of carbonyl (C=O) groups is 1. The van der Waals surface area contributed by atoms with Gasteiger partial charge in [0.25, 0.3) is 0 Å². The van der Waals surface area contributed by atoms with Crippen molar-refractivity contribution in [2.45, 2.75) is 38.3 Å². The second-order valence-electron chi connectivity index (χ2n) is 8.44. The van der Waals surface area contributed by atoms with E-state index in [1.165, 1.54) is 6.07 Å². The maximum atomic E-state index is 13.3. The third kappa shape index (κ3) is 5.10. The number of aromatic nitrogens is 2. The first kappa shape index (κ1) is 22.3. The van der Waals surface area contributed by atoms with E-state index >= 15 is 0 Å². The van der Waals surface area contributed by atoms with Gasteiger partial charge in [0.15, 0.2) is 0 Å². The van der Waals surface area contributed by atoms with Gasteiger partial charge in [-0.15, -0.1) is 0 Å². The Morgan fingerprint density at radius 3 is 2.59 bits per heavy atom. The Bertz CT molecular complexity index is 1110. The summed E-state index contributed by atoms with van der Waals surface area (Å²) in [6.45, 7) is 0.343. The molecule has 0 bridgehead atoms. The van der Waals surface area contributed by atoms with Crippen molar-refractivity contribution >= 4 is 40.2 Å². The number of hydrogen-bond acceptors (Lipinski definition) is 5. The molecule has 0 unspecified atom stereocenters. The van der Waals surface area contributed by atoms with Crippen LogP contribution < -0.4 is 15.5 Å². The molecule has 4 rings (SSSR count). The largest absolute Gasteiger partial charge is 0.362 e. The maximum absolute atomic E-state index is 13.3. The molecule has 2 aromatic carbocycles. The van der Waals surface area contributed by atoms with Crippen molar-refractivity contribution in [1.29, 1.82) is 0 Å². The van der Waals surface area contributed by atoms with E-state index in [0.717, 1.165) is 48.0 Å². The highest BCUT2D eigenvalue weighted by Gasteiger charge is 2.26. The lowest BCUT2D eigenvalue weighted by Crippen LogP contribution is -2.35. The third-order valence-electron chi connectivity index (χ3n) is 5.89. The van der Waals surface area contributed by atoms with Crippen LogP contribution in [0.15, 0.2) is 42.5 Å². The molecule has 1 aliphatic carbocycles. The molecule has 6 nitrogen and oxygen atoms in total. The first-order valence-electron chi connectivity index (χ1n) is 10.8. The van der Waals surface area contributed by atoms with Gasteiger partial charge in [0, 0.05) is 38.0 Å². The number of nitrogens with zero attached hydrogens (tertiary/aromatic N) is 3. The zero-order valence-electron chi connectivity index (χ0n) is 18.2. The van der Waals surface area contributed by atoms with E-state index in [-0.39, 0.29) is 22.9 Å². The van der Waals surface area contributed by atoms with Crippen LogP contribution in [0.5, 0.6) is 0 Å². The van der Waals surface area contributed by atoms with E-state index in [2.05, 4.69) is 15.6 Å². The smallest absolute Gasteiger partial charge is 0.225 e. The van der Waals surface area contributed by atoms with Crippen LogP contribution in [-0.4, -0.2) is 36.0 Å². The van der Waals surface area contributed by atoms with Crippen molar-refractivity contribution in [3.05, 3.63) is 58.9 Å². The first-order chi connectivity index (χ1) is 15.4. The molecule has 1 aromatic heterocycles. The van der Waals surface area contributed by atoms with Gasteiger partial charge in [0.05, 0.1) is 10.5 Å². The number of hydrogen-bond donors (Lipinski definition) is 2. The van der Waals surface area contributed by atoms with E-state index in [0.29, 0.717) is 12.5 Å².